The monoisotopic (exact) mass is 372 g/mol. The normalized spacial score (nSPS) is 19.2. The van der Waals surface area contributed by atoms with Gasteiger partial charge in [0.05, 0.1) is 0 Å². The van der Waals surface area contributed by atoms with E-state index in [1.165, 1.54) is 0 Å². The number of halogens is 3. The molecule has 0 atom stereocenters. The van der Waals surface area contributed by atoms with Crippen LogP contribution in [0, 0.1) is 5.92 Å². The Balaban J connectivity index is 1.74. The van der Waals surface area contributed by atoms with E-state index in [1.54, 1.807) is 6.07 Å². The van der Waals surface area contributed by atoms with Crippen molar-refractivity contribution in [2.45, 2.75) is 44.7 Å². The van der Waals surface area contributed by atoms with Gasteiger partial charge in [0.25, 0.3) is 0 Å². The van der Waals surface area contributed by atoms with Crippen molar-refractivity contribution in [3.05, 3.63) is 11.9 Å². The van der Waals surface area contributed by atoms with Gasteiger partial charge in [-0.2, -0.15) is 13.2 Å². The number of aliphatic carboxylic acids is 1. The zero-order chi connectivity index (χ0) is 18.7. The molecule has 2 aliphatic rings. The average Bonchev–Trinajstić information content (AvgIpc) is 3.14. The van der Waals surface area contributed by atoms with E-state index in [9.17, 15) is 18.0 Å². The first kappa shape index (κ1) is 18.7. The van der Waals surface area contributed by atoms with Crippen LogP contribution < -0.4 is 9.80 Å². The lowest BCUT2D eigenvalue weighted by molar-refractivity contribution is -0.144. The molecule has 3 rings (SSSR count). The summed E-state index contributed by atoms with van der Waals surface area (Å²) in [4.78, 5) is 21.9. The highest BCUT2D eigenvalue weighted by molar-refractivity contribution is 5.66. The maximum Gasteiger partial charge on any atom is 0.451 e. The van der Waals surface area contributed by atoms with E-state index in [4.69, 9.17) is 5.11 Å². The van der Waals surface area contributed by atoms with Crippen molar-refractivity contribution in [3.8, 4) is 0 Å². The molecule has 0 radical (unpaired) electrons. The molecule has 9 heteroatoms. The Bertz CT molecular complexity index is 639. The molecule has 0 aromatic carbocycles. The van der Waals surface area contributed by atoms with Crippen molar-refractivity contribution >= 4 is 17.6 Å². The minimum absolute atomic E-state index is 0.134. The van der Waals surface area contributed by atoms with Crippen molar-refractivity contribution in [1.82, 2.24) is 9.97 Å². The Kier molecular flexibility index (Phi) is 5.52. The maximum atomic E-state index is 13.2. The molecular weight excluding hydrogens is 349 g/mol. The second-order valence-electron chi connectivity index (χ2n) is 6.96. The largest absolute Gasteiger partial charge is 0.481 e. The van der Waals surface area contributed by atoms with Gasteiger partial charge in [-0.15, -0.1) is 0 Å². The van der Waals surface area contributed by atoms with Gasteiger partial charge in [0.2, 0.25) is 5.82 Å². The molecule has 144 valence electrons. The Morgan fingerprint density at radius 2 is 1.62 bits per heavy atom. The number of alkyl halides is 3. The topological polar surface area (TPSA) is 69.6 Å². The van der Waals surface area contributed by atoms with Crippen LogP contribution in [0.2, 0.25) is 0 Å². The zero-order valence-electron chi connectivity index (χ0n) is 14.5. The second-order valence-corrected chi connectivity index (χ2v) is 6.96. The smallest absolute Gasteiger partial charge is 0.451 e. The fraction of sp³-hybridized carbons (Fsp3) is 0.706. The number of carboxylic acids is 1. The number of hydrogen-bond acceptors (Lipinski definition) is 5. The minimum atomic E-state index is -4.58. The van der Waals surface area contributed by atoms with Crippen molar-refractivity contribution in [2.75, 3.05) is 36.0 Å². The summed E-state index contributed by atoms with van der Waals surface area (Å²) in [6.45, 7) is 2.59. The molecule has 6 nitrogen and oxygen atoms in total. The van der Waals surface area contributed by atoms with E-state index in [1.807, 2.05) is 9.80 Å². The summed E-state index contributed by atoms with van der Waals surface area (Å²) in [5.41, 5.74) is 0. The van der Waals surface area contributed by atoms with Crippen LogP contribution in [-0.2, 0) is 11.0 Å². The molecule has 1 aromatic heterocycles. The Morgan fingerprint density at radius 3 is 2.12 bits per heavy atom. The lowest BCUT2D eigenvalue weighted by atomic mass is 9.92. The number of anilines is 2. The lowest BCUT2D eigenvalue weighted by Gasteiger charge is -2.33. The number of carboxylic acid groups (broad SMARTS) is 1. The van der Waals surface area contributed by atoms with Gasteiger partial charge in [0.15, 0.2) is 0 Å². The Labute approximate surface area is 150 Å². The number of hydrogen-bond donors (Lipinski definition) is 1. The Morgan fingerprint density at radius 1 is 1.08 bits per heavy atom. The Hall–Kier alpha value is -2.06. The zero-order valence-corrected chi connectivity index (χ0v) is 14.5. The first-order valence-corrected chi connectivity index (χ1v) is 9.01. The number of nitrogens with zero attached hydrogens (tertiary/aromatic N) is 4. The quantitative estimate of drug-likeness (QED) is 0.856. The van der Waals surface area contributed by atoms with E-state index in [2.05, 4.69) is 9.97 Å². The van der Waals surface area contributed by atoms with Crippen LogP contribution in [0.4, 0.5) is 24.8 Å². The van der Waals surface area contributed by atoms with Crippen LogP contribution in [0.1, 0.15) is 44.3 Å². The highest BCUT2D eigenvalue weighted by Gasteiger charge is 2.37. The minimum Gasteiger partial charge on any atom is -0.481 e. The third-order valence-electron chi connectivity index (χ3n) is 5.09. The number of rotatable bonds is 5. The molecule has 0 saturated carbocycles. The molecule has 2 saturated heterocycles. The van der Waals surface area contributed by atoms with Gasteiger partial charge in [-0.25, -0.2) is 9.97 Å². The van der Waals surface area contributed by atoms with Gasteiger partial charge in [0, 0.05) is 38.7 Å². The molecule has 0 spiro atoms. The highest BCUT2D eigenvalue weighted by Crippen LogP contribution is 2.33. The van der Waals surface area contributed by atoms with Gasteiger partial charge in [-0.05, 0) is 38.0 Å². The number of carbonyl (C=O) groups is 1. The van der Waals surface area contributed by atoms with Crippen molar-refractivity contribution in [1.29, 1.82) is 0 Å². The molecule has 0 bridgehead atoms. The molecule has 2 fully saturated rings. The van der Waals surface area contributed by atoms with E-state index < -0.39 is 18.0 Å². The molecule has 0 amide bonds. The van der Waals surface area contributed by atoms with Crippen LogP contribution in [0.25, 0.3) is 0 Å². The summed E-state index contributed by atoms with van der Waals surface area (Å²) in [6.07, 6.45) is -0.403. The van der Waals surface area contributed by atoms with Crippen LogP contribution >= 0.6 is 0 Å². The van der Waals surface area contributed by atoms with Crippen LogP contribution in [0.5, 0.6) is 0 Å². The number of piperidine rings is 1. The van der Waals surface area contributed by atoms with Gasteiger partial charge in [0.1, 0.15) is 11.6 Å². The van der Waals surface area contributed by atoms with E-state index in [-0.39, 0.29) is 6.42 Å². The first-order valence-electron chi connectivity index (χ1n) is 9.01. The van der Waals surface area contributed by atoms with Gasteiger partial charge < -0.3 is 14.9 Å². The highest BCUT2D eigenvalue weighted by atomic mass is 19.4. The van der Waals surface area contributed by atoms with Crippen LogP contribution in [-0.4, -0.2) is 47.2 Å². The molecule has 0 unspecified atom stereocenters. The van der Waals surface area contributed by atoms with E-state index >= 15 is 0 Å². The summed E-state index contributed by atoms with van der Waals surface area (Å²) < 4.78 is 39.7. The molecule has 26 heavy (non-hydrogen) atoms. The van der Waals surface area contributed by atoms with Crippen LogP contribution in [0.15, 0.2) is 6.07 Å². The summed E-state index contributed by atoms with van der Waals surface area (Å²) >= 11 is 0. The van der Waals surface area contributed by atoms with Crippen molar-refractivity contribution in [2.24, 2.45) is 5.92 Å². The summed E-state index contributed by atoms with van der Waals surface area (Å²) in [7, 11) is 0. The van der Waals surface area contributed by atoms with Crippen LogP contribution in [0.3, 0.4) is 0 Å². The SMILES string of the molecule is O=C(O)CCC1CCN(c2cc(N3CCCC3)nc(C(F)(F)F)n2)CC1. The molecule has 3 heterocycles. The van der Waals surface area contributed by atoms with Gasteiger partial charge >= 0.3 is 12.1 Å². The maximum absolute atomic E-state index is 13.2. The first-order chi connectivity index (χ1) is 12.3. The van der Waals surface area contributed by atoms with Gasteiger partial charge in [-0.1, -0.05) is 0 Å². The predicted molar refractivity (Wildman–Crippen MR) is 90.3 cm³/mol. The molecule has 1 aromatic rings. The summed E-state index contributed by atoms with van der Waals surface area (Å²) in [6, 6.07) is 1.65. The molecule has 1 N–H and O–H groups in total. The summed E-state index contributed by atoms with van der Waals surface area (Å²) in [5.74, 6) is -0.957. The standard InChI is InChI=1S/C17H23F3N4O2/c18-17(19,20)16-21-13(23-7-1-2-8-23)11-14(22-16)24-9-5-12(6-10-24)3-4-15(25)26/h11-12H,1-10H2,(H,25,26). The molecular formula is C17H23F3N4O2. The van der Waals surface area contributed by atoms with E-state index in [0.717, 1.165) is 25.7 Å². The van der Waals surface area contributed by atoms with Crippen molar-refractivity contribution in [3.63, 3.8) is 0 Å². The fourth-order valence-corrected chi connectivity index (χ4v) is 3.60. The molecule has 2 aliphatic heterocycles. The van der Waals surface area contributed by atoms with Crippen molar-refractivity contribution < 1.29 is 23.1 Å². The van der Waals surface area contributed by atoms with E-state index in [0.29, 0.717) is 50.2 Å². The van der Waals surface area contributed by atoms with Gasteiger partial charge in [-0.3, -0.25) is 4.79 Å². The predicted octanol–water partition coefficient (Wildman–Crippen LogP) is 3.18. The lowest BCUT2D eigenvalue weighted by Crippen LogP contribution is -2.35. The molecule has 0 aliphatic carbocycles. The number of aromatic nitrogens is 2. The fourth-order valence-electron chi connectivity index (χ4n) is 3.60. The third-order valence-corrected chi connectivity index (χ3v) is 5.09. The second kappa shape index (κ2) is 7.67. The third kappa shape index (κ3) is 4.56. The average molecular weight is 372 g/mol. The summed E-state index contributed by atoms with van der Waals surface area (Å²) in [5, 5.41) is 8.78.